The van der Waals surface area contributed by atoms with Crippen LogP contribution in [-0.2, 0) is 9.53 Å². The van der Waals surface area contributed by atoms with E-state index in [1.807, 2.05) is 4.90 Å². The molecule has 1 aliphatic rings. The fourth-order valence-electron chi connectivity index (χ4n) is 2.36. The number of carbonyl (C=O) groups excluding carboxylic acids is 1. The van der Waals surface area contributed by atoms with Crippen molar-refractivity contribution in [2.75, 3.05) is 20.3 Å². The zero-order valence-electron chi connectivity index (χ0n) is 11.8. The first kappa shape index (κ1) is 14.8. The number of amides is 1. The summed E-state index contributed by atoms with van der Waals surface area (Å²) in [6.45, 7) is 2.91. The van der Waals surface area contributed by atoms with Crippen molar-refractivity contribution < 1.29 is 18.7 Å². The molecule has 1 heterocycles. The van der Waals surface area contributed by atoms with E-state index in [1.54, 1.807) is 19.1 Å². The molecule has 0 radical (unpaired) electrons. The molecule has 1 saturated heterocycles. The van der Waals surface area contributed by atoms with Gasteiger partial charge in [-0.05, 0) is 44.0 Å². The van der Waals surface area contributed by atoms with Gasteiger partial charge in [-0.2, -0.15) is 0 Å². The first-order chi connectivity index (χ1) is 9.61. The van der Waals surface area contributed by atoms with E-state index >= 15 is 0 Å². The number of nitrogens with zero attached hydrogens (tertiary/aromatic N) is 1. The Balaban J connectivity index is 1.91. The van der Waals surface area contributed by atoms with Gasteiger partial charge >= 0.3 is 0 Å². The highest BCUT2D eigenvalue weighted by Crippen LogP contribution is 2.20. The summed E-state index contributed by atoms with van der Waals surface area (Å²) in [5, 5.41) is 0. The van der Waals surface area contributed by atoms with Gasteiger partial charge in [0.2, 0.25) is 0 Å². The van der Waals surface area contributed by atoms with E-state index in [9.17, 15) is 9.18 Å². The number of carbonyl (C=O) groups is 1. The first-order valence-electron chi connectivity index (χ1n) is 6.83. The lowest BCUT2D eigenvalue weighted by Crippen LogP contribution is -2.44. The summed E-state index contributed by atoms with van der Waals surface area (Å²) in [5.41, 5.74) is 0. The molecule has 110 valence electrons. The standard InChI is InChI=1S/C15H20FNO3/c1-11(19-2)15(18)17-9-3-4-13(17)10-20-14-7-5-12(16)6-8-14/h5-8,11,13H,3-4,9-10H2,1-2H3/t11-,13-/m0/s1. The highest BCUT2D eigenvalue weighted by Gasteiger charge is 2.31. The topological polar surface area (TPSA) is 38.8 Å². The van der Waals surface area contributed by atoms with Crippen LogP contribution in [-0.4, -0.2) is 43.2 Å². The van der Waals surface area contributed by atoms with Crippen molar-refractivity contribution in [1.82, 2.24) is 4.90 Å². The second-order valence-corrected chi connectivity index (χ2v) is 4.97. The van der Waals surface area contributed by atoms with Gasteiger partial charge in [-0.3, -0.25) is 4.79 Å². The maximum atomic E-state index is 12.8. The third-order valence-corrected chi connectivity index (χ3v) is 3.62. The van der Waals surface area contributed by atoms with Crippen LogP contribution in [0.5, 0.6) is 5.75 Å². The predicted octanol–water partition coefficient (Wildman–Crippen LogP) is 2.23. The van der Waals surface area contributed by atoms with Crippen molar-refractivity contribution in [1.29, 1.82) is 0 Å². The Labute approximate surface area is 118 Å². The largest absolute Gasteiger partial charge is 0.491 e. The number of rotatable bonds is 5. The summed E-state index contributed by atoms with van der Waals surface area (Å²) >= 11 is 0. The average Bonchev–Trinajstić information content (AvgIpc) is 2.93. The lowest BCUT2D eigenvalue weighted by molar-refractivity contribution is -0.142. The molecule has 0 unspecified atom stereocenters. The van der Waals surface area contributed by atoms with E-state index < -0.39 is 6.10 Å². The van der Waals surface area contributed by atoms with Crippen molar-refractivity contribution in [3.63, 3.8) is 0 Å². The molecule has 0 bridgehead atoms. The first-order valence-corrected chi connectivity index (χ1v) is 6.83. The molecule has 1 fully saturated rings. The van der Waals surface area contributed by atoms with Gasteiger partial charge < -0.3 is 14.4 Å². The fourth-order valence-corrected chi connectivity index (χ4v) is 2.36. The summed E-state index contributed by atoms with van der Waals surface area (Å²) in [6, 6.07) is 5.97. The van der Waals surface area contributed by atoms with Crippen molar-refractivity contribution >= 4 is 5.91 Å². The van der Waals surface area contributed by atoms with Crippen LogP contribution < -0.4 is 4.74 Å². The number of halogens is 1. The lowest BCUT2D eigenvalue weighted by atomic mass is 10.2. The fraction of sp³-hybridized carbons (Fsp3) is 0.533. The third-order valence-electron chi connectivity index (χ3n) is 3.62. The zero-order valence-corrected chi connectivity index (χ0v) is 11.8. The van der Waals surface area contributed by atoms with Crippen LogP contribution in [0, 0.1) is 5.82 Å². The summed E-state index contributed by atoms with van der Waals surface area (Å²) in [5.74, 6) is 0.326. The Hall–Kier alpha value is -1.62. The van der Waals surface area contributed by atoms with Gasteiger partial charge in [0.25, 0.3) is 5.91 Å². The molecule has 0 N–H and O–H groups in total. The van der Waals surface area contributed by atoms with Gasteiger partial charge in [0.15, 0.2) is 0 Å². The molecule has 2 atom stereocenters. The molecule has 0 spiro atoms. The van der Waals surface area contributed by atoms with Crippen LogP contribution in [0.15, 0.2) is 24.3 Å². The number of hydrogen-bond acceptors (Lipinski definition) is 3. The average molecular weight is 281 g/mol. The number of methoxy groups -OCH3 is 1. The van der Waals surface area contributed by atoms with Crippen LogP contribution in [0.4, 0.5) is 4.39 Å². The summed E-state index contributed by atoms with van der Waals surface area (Å²) in [7, 11) is 1.53. The minimum Gasteiger partial charge on any atom is -0.491 e. The maximum absolute atomic E-state index is 12.8. The smallest absolute Gasteiger partial charge is 0.251 e. The molecule has 2 rings (SSSR count). The molecule has 5 heteroatoms. The zero-order chi connectivity index (χ0) is 14.5. The van der Waals surface area contributed by atoms with Crippen molar-refractivity contribution in [3.05, 3.63) is 30.1 Å². The van der Waals surface area contributed by atoms with E-state index in [4.69, 9.17) is 9.47 Å². The van der Waals surface area contributed by atoms with Gasteiger partial charge in [0, 0.05) is 13.7 Å². The van der Waals surface area contributed by atoms with Crippen LogP contribution in [0.1, 0.15) is 19.8 Å². The lowest BCUT2D eigenvalue weighted by Gasteiger charge is -2.27. The number of hydrogen-bond donors (Lipinski definition) is 0. The minimum atomic E-state index is -0.429. The molecule has 0 aliphatic carbocycles. The quantitative estimate of drug-likeness (QED) is 0.831. The van der Waals surface area contributed by atoms with Crippen molar-refractivity contribution in [2.24, 2.45) is 0 Å². The van der Waals surface area contributed by atoms with E-state index in [2.05, 4.69) is 0 Å². The molecule has 0 saturated carbocycles. The van der Waals surface area contributed by atoms with Crippen molar-refractivity contribution in [3.8, 4) is 5.75 Å². The Morgan fingerprint density at radius 2 is 2.15 bits per heavy atom. The molecular formula is C15H20FNO3. The summed E-state index contributed by atoms with van der Waals surface area (Å²) < 4.78 is 23.5. The molecule has 1 aromatic carbocycles. The molecule has 4 nitrogen and oxygen atoms in total. The van der Waals surface area contributed by atoms with E-state index in [0.29, 0.717) is 12.4 Å². The molecule has 1 aromatic rings. The second-order valence-electron chi connectivity index (χ2n) is 4.97. The van der Waals surface area contributed by atoms with Crippen LogP contribution in [0.2, 0.25) is 0 Å². The van der Waals surface area contributed by atoms with Gasteiger partial charge in [-0.1, -0.05) is 0 Å². The Morgan fingerprint density at radius 3 is 2.80 bits per heavy atom. The van der Waals surface area contributed by atoms with Crippen LogP contribution in [0.25, 0.3) is 0 Å². The van der Waals surface area contributed by atoms with E-state index in [0.717, 1.165) is 19.4 Å². The van der Waals surface area contributed by atoms with Gasteiger partial charge in [-0.15, -0.1) is 0 Å². The van der Waals surface area contributed by atoms with Gasteiger partial charge in [-0.25, -0.2) is 4.39 Å². The second kappa shape index (κ2) is 6.70. The van der Waals surface area contributed by atoms with Crippen molar-refractivity contribution in [2.45, 2.75) is 31.9 Å². The van der Waals surface area contributed by atoms with Crippen LogP contribution in [0.3, 0.4) is 0 Å². The molecular weight excluding hydrogens is 261 g/mol. The highest BCUT2D eigenvalue weighted by molar-refractivity contribution is 5.81. The number of benzene rings is 1. The normalized spacial score (nSPS) is 19.9. The van der Waals surface area contributed by atoms with Gasteiger partial charge in [0.05, 0.1) is 6.04 Å². The molecule has 1 amide bonds. The molecule has 0 aromatic heterocycles. The monoisotopic (exact) mass is 281 g/mol. The van der Waals surface area contributed by atoms with E-state index in [-0.39, 0.29) is 17.8 Å². The number of likely N-dealkylation sites (tertiary alicyclic amines) is 1. The maximum Gasteiger partial charge on any atom is 0.251 e. The minimum absolute atomic E-state index is 0.00212. The van der Waals surface area contributed by atoms with Crippen LogP contribution >= 0.6 is 0 Å². The highest BCUT2D eigenvalue weighted by atomic mass is 19.1. The third kappa shape index (κ3) is 3.48. The number of ether oxygens (including phenoxy) is 2. The summed E-state index contributed by atoms with van der Waals surface area (Å²) in [6.07, 6.45) is 1.46. The van der Waals surface area contributed by atoms with E-state index in [1.165, 1.54) is 19.2 Å². The predicted molar refractivity (Wildman–Crippen MR) is 73.1 cm³/mol. The summed E-state index contributed by atoms with van der Waals surface area (Å²) in [4.78, 5) is 14.0. The Kier molecular flexibility index (Phi) is 4.95. The van der Waals surface area contributed by atoms with Gasteiger partial charge in [0.1, 0.15) is 24.3 Å². The Bertz CT molecular complexity index is 449. The Morgan fingerprint density at radius 1 is 1.45 bits per heavy atom. The SMILES string of the molecule is CO[C@@H](C)C(=O)N1CCC[C@H]1COc1ccc(F)cc1. The molecule has 1 aliphatic heterocycles. The molecule has 20 heavy (non-hydrogen) atoms.